The van der Waals surface area contributed by atoms with Crippen LogP contribution in [-0.2, 0) is 0 Å². The number of rotatable bonds is 5. The predicted octanol–water partition coefficient (Wildman–Crippen LogP) is 4.40. The maximum Gasteiger partial charge on any atom is 0.265 e. The van der Waals surface area contributed by atoms with Gasteiger partial charge in [-0.2, -0.15) is 0 Å². The summed E-state index contributed by atoms with van der Waals surface area (Å²) in [6, 6.07) is 17.8. The van der Waals surface area contributed by atoms with E-state index in [-0.39, 0.29) is 17.7 Å². The maximum absolute atomic E-state index is 12.7. The van der Waals surface area contributed by atoms with Crippen molar-refractivity contribution in [1.82, 2.24) is 15.2 Å². The number of likely N-dealkylation sites (tertiary alicyclic amines) is 1. The number of benzene rings is 2. The number of carbonyl (C=O) groups excluding carboxylic acids is 2. The summed E-state index contributed by atoms with van der Waals surface area (Å²) in [6.07, 6.45) is 1.97. The first kappa shape index (κ1) is 20.3. The Morgan fingerprint density at radius 2 is 1.83 bits per heavy atom. The summed E-state index contributed by atoms with van der Waals surface area (Å²) in [5, 5.41) is 3.05. The van der Waals surface area contributed by atoms with Gasteiger partial charge in [0.1, 0.15) is 4.88 Å². The van der Waals surface area contributed by atoms with Crippen molar-refractivity contribution in [2.75, 3.05) is 19.6 Å². The van der Waals surface area contributed by atoms with Crippen molar-refractivity contribution < 1.29 is 9.59 Å². The molecular weight excluding hydrogens is 394 g/mol. The van der Waals surface area contributed by atoms with Gasteiger partial charge in [-0.1, -0.05) is 42.5 Å². The van der Waals surface area contributed by atoms with E-state index in [2.05, 4.69) is 22.4 Å². The molecule has 0 saturated carbocycles. The number of amides is 2. The van der Waals surface area contributed by atoms with Crippen LogP contribution in [0.25, 0.3) is 11.1 Å². The largest absolute Gasteiger partial charge is 0.352 e. The third-order valence-corrected chi connectivity index (χ3v) is 6.47. The summed E-state index contributed by atoms with van der Waals surface area (Å²) in [5.74, 6) is 0.252. The minimum absolute atomic E-state index is 0.0579. The molecule has 0 spiro atoms. The first-order chi connectivity index (χ1) is 14.6. The zero-order valence-electron chi connectivity index (χ0n) is 17.0. The van der Waals surface area contributed by atoms with E-state index in [0.717, 1.165) is 41.1 Å². The molecule has 2 amide bonds. The Kier molecular flexibility index (Phi) is 6.23. The molecule has 1 fully saturated rings. The van der Waals surface area contributed by atoms with Gasteiger partial charge < -0.3 is 10.2 Å². The van der Waals surface area contributed by atoms with Crippen molar-refractivity contribution in [1.29, 1.82) is 0 Å². The molecule has 3 aromatic rings. The molecule has 1 atom stereocenters. The van der Waals surface area contributed by atoms with E-state index in [4.69, 9.17) is 0 Å². The molecule has 0 bridgehead atoms. The van der Waals surface area contributed by atoms with Crippen molar-refractivity contribution in [3.05, 3.63) is 76.2 Å². The molecule has 2 aromatic carbocycles. The average Bonchev–Trinajstić information content (AvgIpc) is 3.23. The van der Waals surface area contributed by atoms with Gasteiger partial charge in [0, 0.05) is 25.2 Å². The maximum atomic E-state index is 12.7. The van der Waals surface area contributed by atoms with E-state index in [9.17, 15) is 9.59 Å². The van der Waals surface area contributed by atoms with Gasteiger partial charge in [-0.05, 0) is 48.9 Å². The Morgan fingerprint density at radius 3 is 2.53 bits per heavy atom. The molecule has 154 valence electrons. The van der Waals surface area contributed by atoms with Crippen LogP contribution in [0.15, 0.2) is 60.1 Å². The number of thiazole rings is 1. The Bertz CT molecular complexity index is 1010. The van der Waals surface area contributed by atoms with Gasteiger partial charge in [0.15, 0.2) is 0 Å². The number of nitrogens with one attached hydrogen (secondary N) is 1. The molecule has 4 rings (SSSR count). The summed E-state index contributed by atoms with van der Waals surface area (Å²) in [5.41, 5.74) is 5.38. The number of carbonyl (C=O) groups is 2. The van der Waals surface area contributed by atoms with Gasteiger partial charge in [0.2, 0.25) is 0 Å². The Labute approximate surface area is 180 Å². The number of aryl methyl sites for hydroxylation is 1. The normalized spacial score (nSPS) is 16.3. The molecule has 1 N–H and O–H groups in total. The minimum Gasteiger partial charge on any atom is -0.352 e. The van der Waals surface area contributed by atoms with Crippen molar-refractivity contribution in [2.24, 2.45) is 5.92 Å². The van der Waals surface area contributed by atoms with Crippen LogP contribution in [-0.4, -0.2) is 41.3 Å². The molecule has 0 unspecified atom stereocenters. The lowest BCUT2D eigenvalue weighted by molar-refractivity contribution is 0.0675. The highest BCUT2D eigenvalue weighted by Crippen LogP contribution is 2.22. The number of hydrogen-bond donors (Lipinski definition) is 1. The fraction of sp³-hybridized carbons (Fsp3) is 0.292. The molecule has 0 radical (unpaired) electrons. The number of piperidine rings is 1. The van der Waals surface area contributed by atoms with E-state index in [1.165, 1.54) is 11.3 Å². The lowest BCUT2D eigenvalue weighted by atomic mass is 9.97. The molecule has 0 aliphatic carbocycles. The lowest BCUT2D eigenvalue weighted by Gasteiger charge is -2.32. The van der Waals surface area contributed by atoms with E-state index in [0.29, 0.717) is 18.7 Å². The highest BCUT2D eigenvalue weighted by Gasteiger charge is 2.26. The molecule has 5 nitrogen and oxygen atoms in total. The lowest BCUT2D eigenvalue weighted by Crippen LogP contribution is -2.43. The molecular formula is C24H25N3O2S. The standard InChI is InChI=1S/C24H25N3O2S/c1-17-22(30-16-26-17)24(29)27-13-5-6-18(15-27)14-25-23(28)21-11-9-20(10-12-21)19-7-3-2-4-8-19/h2-4,7-12,16,18H,5-6,13-15H2,1H3,(H,25,28)/t18-/m1/s1. The number of hydrogen-bond acceptors (Lipinski definition) is 4. The van der Waals surface area contributed by atoms with Gasteiger partial charge in [-0.15, -0.1) is 11.3 Å². The third-order valence-electron chi connectivity index (χ3n) is 5.55. The summed E-state index contributed by atoms with van der Waals surface area (Å²) in [7, 11) is 0. The van der Waals surface area contributed by atoms with Gasteiger partial charge in [0.05, 0.1) is 11.2 Å². The first-order valence-corrected chi connectivity index (χ1v) is 11.1. The fourth-order valence-corrected chi connectivity index (χ4v) is 4.62. The van der Waals surface area contributed by atoms with Gasteiger partial charge in [-0.25, -0.2) is 4.98 Å². The van der Waals surface area contributed by atoms with Crippen LogP contribution >= 0.6 is 11.3 Å². The van der Waals surface area contributed by atoms with Crippen LogP contribution in [0.3, 0.4) is 0 Å². The summed E-state index contributed by atoms with van der Waals surface area (Å²) >= 11 is 1.40. The monoisotopic (exact) mass is 419 g/mol. The van der Waals surface area contributed by atoms with Gasteiger partial charge in [0.25, 0.3) is 11.8 Å². The second-order valence-electron chi connectivity index (χ2n) is 7.68. The van der Waals surface area contributed by atoms with Crippen LogP contribution in [0, 0.1) is 12.8 Å². The van der Waals surface area contributed by atoms with E-state index in [1.54, 1.807) is 5.51 Å². The van der Waals surface area contributed by atoms with E-state index in [1.807, 2.05) is 54.3 Å². The molecule has 6 heteroatoms. The quantitative estimate of drug-likeness (QED) is 0.667. The average molecular weight is 420 g/mol. The molecule has 2 heterocycles. The van der Waals surface area contributed by atoms with Crippen molar-refractivity contribution in [2.45, 2.75) is 19.8 Å². The smallest absolute Gasteiger partial charge is 0.265 e. The van der Waals surface area contributed by atoms with Gasteiger partial charge >= 0.3 is 0 Å². The second-order valence-corrected chi connectivity index (χ2v) is 8.53. The highest BCUT2D eigenvalue weighted by atomic mass is 32.1. The molecule has 1 saturated heterocycles. The highest BCUT2D eigenvalue weighted by molar-refractivity contribution is 7.11. The SMILES string of the molecule is Cc1ncsc1C(=O)N1CCC[C@H](CNC(=O)c2ccc(-c3ccccc3)cc2)C1. The fourth-order valence-electron chi connectivity index (χ4n) is 3.85. The van der Waals surface area contributed by atoms with Crippen LogP contribution < -0.4 is 5.32 Å². The molecule has 30 heavy (non-hydrogen) atoms. The van der Waals surface area contributed by atoms with E-state index < -0.39 is 0 Å². The van der Waals surface area contributed by atoms with Crippen molar-refractivity contribution in [3.63, 3.8) is 0 Å². The number of aromatic nitrogens is 1. The Hall–Kier alpha value is -2.99. The molecule has 1 aliphatic heterocycles. The summed E-state index contributed by atoms with van der Waals surface area (Å²) < 4.78 is 0. The summed E-state index contributed by atoms with van der Waals surface area (Å²) in [4.78, 5) is 32.1. The second kappa shape index (κ2) is 9.22. The van der Waals surface area contributed by atoms with Crippen molar-refractivity contribution in [3.8, 4) is 11.1 Å². The number of nitrogens with zero attached hydrogens (tertiary/aromatic N) is 2. The van der Waals surface area contributed by atoms with Crippen LogP contribution in [0.5, 0.6) is 0 Å². The van der Waals surface area contributed by atoms with Crippen LogP contribution in [0.4, 0.5) is 0 Å². The van der Waals surface area contributed by atoms with Crippen molar-refractivity contribution >= 4 is 23.2 Å². The topological polar surface area (TPSA) is 62.3 Å². The zero-order valence-corrected chi connectivity index (χ0v) is 17.8. The summed E-state index contributed by atoms with van der Waals surface area (Å²) in [6.45, 7) is 3.88. The van der Waals surface area contributed by atoms with Crippen LogP contribution in [0.2, 0.25) is 0 Å². The molecule has 1 aliphatic rings. The minimum atomic E-state index is -0.0728. The van der Waals surface area contributed by atoms with E-state index >= 15 is 0 Å². The Balaban J connectivity index is 1.32. The zero-order chi connectivity index (χ0) is 20.9. The first-order valence-electron chi connectivity index (χ1n) is 10.2. The Morgan fingerprint density at radius 1 is 1.10 bits per heavy atom. The van der Waals surface area contributed by atoms with Gasteiger partial charge in [-0.3, -0.25) is 9.59 Å². The molecule has 1 aromatic heterocycles. The third kappa shape index (κ3) is 4.60. The predicted molar refractivity (Wildman–Crippen MR) is 120 cm³/mol. The van der Waals surface area contributed by atoms with Crippen LogP contribution in [0.1, 0.15) is 38.6 Å².